The van der Waals surface area contributed by atoms with Crippen LogP contribution in [-0.4, -0.2) is 29.7 Å². The predicted octanol–water partition coefficient (Wildman–Crippen LogP) is 3.53. The number of carbonyl (C=O) groups is 1. The summed E-state index contributed by atoms with van der Waals surface area (Å²) >= 11 is 0. The molecule has 1 N–H and O–H groups in total. The number of ketones is 1. The van der Waals surface area contributed by atoms with Gasteiger partial charge in [0, 0.05) is 12.1 Å². The highest BCUT2D eigenvalue weighted by Crippen LogP contribution is 2.29. The number of benzene rings is 2. The van der Waals surface area contributed by atoms with Gasteiger partial charge in [0.15, 0.2) is 17.3 Å². The molecule has 7 heteroatoms. The molecule has 0 saturated heterocycles. The van der Waals surface area contributed by atoms with Crippen molar-refractivity contribution in [1.82, 2.24) is 4.57 Å². The summed E-state index contributed by atoms with van der Waals surface area (Å²) in [6.07, 6.45) is 0.361. The van der Waals surface area contributed by atoms with Gasteiger partial charge >= 0.3 is 0 Å². The zero-order valence-corrected chi connectivity index (χ0v) is 18.4. The number of hydrogen-bond donors (Lipinski definition) is 1. The number of aromatic hydroxyl groups is 1. The summed E-state index contributed by atoms with van der Waals surface area (Å²) in [5.41, 5.74) is 1.51. The summed E-state index contributed by atoms with van der Waals surface area (Å²) in [7, 11) is 3.07. The maximum atomic E-state index is 13.1. The SMILES string of the molecule is COc1ccc(CCn2c(O)c(C(=O)c3ccc(C)cc3)c(C)c(C#N)c2=O)cc1OC. The van der Waals surface area contributed by atoms with Gasteiger partial charge in [-0.15, -0.1) is 0 Å². The minimum atomic E-state index is -0.636. The second-order valence-corrected chi connectivity index (χ2v) is 7.40. The van der Waals surface area contributed by atoms with Crippen LogP contribution < -0.4 is 15.0 Å². The van der Waals surface area contributed by atoms with E-state index in [0.29, 0.717) is 23.5 Å². The average Bonchev–Trinajstić information content (AvgIpc) is 2.79. The first-order valence-electron chi connectivity index (χ1n) is 10.0. The van der Waals surface area contributed by atoms with Crippen LogP contribution in [0.1, 0.15) is 38.2 Å². The van der Waals surface area contributed by atoms with Crippen LogP contribution in [-0.2, 0) is 13.0 Å². The Bertz CT molecular complexity index is 1270. The molecule has 0 atom stereocenters. The Hall–Kier alpha value is -4.05. The maximum Gasteiger partial charge on any atom is 0.271 e. The zero-order chi connectivity index (χ0) is 23.4. The van der Waals surface area contributed by atoms with E-state index in [9.17, 15) is 20.0 Å². The van der Waals surface area contributed by atoms with E-state index in [0.717, 1.165) is 15.7 Å². The molecule has 0 fully saturated rings. The molecule has 0 bridgehead atoms. The molecule has 3 rings (SSSR count). The van der Waals surface area contributed by atoms with E-state index in [2.05, 4.69) is 0 Å². The average molecular weight is 432 g/mol. The summed E-state index contributed by atoms with van der Waals surface area (Å²) in [6, 6.07) is 14.1. The summed E-state index contributed by atoms with van der Waals surface area (Å²) in [5, 5.41) is 20.5. The number of hydrogen-bond acceptors (Lipinski definition) is 6. The van der Waals surface area contributed by atoms with Crippen LogP contribution in [0.15, 0.2) is 47.3 Å². The standard InChI is InChI=1S/C25H24N2O5/c1-15-5-8-18(9-6-15)23(28)22-16(2)19(14-26)24(29)27(25(22)30)12-11-17-7-10-20(31-3)21(13-17)32-4/h5-10,13,30H,11-12H2,1-4H3. The third kappa shape index (κ3) is 4.21. The van der Waals surface area contributed by atoms with Crippen molar-refractivity contribution in [2.45, 2.75) is 26.8 Å². The highest BCUT2D eigenvalue weighted by Gasteiger charge is 2.24. The van der Waals surface area contributed by atoms with Gasteiger partial charge in [-0.3, -0.25) is 14.2 Å². The van der Waals surface area contributed by atoms with Gasteiger partial charge in [-0.2, -0.15) is 5.26 Å². The zero-order valence-electron chi connectivity index (χ0n) is 18.4. The minimum absolute atomic E-state index is 0.0442. The van der Waals surface area contributed by atoms with E-state index in [1.54, 1.807) is 36.4 Å². The molecule has 2 aromatic carbocycles. The Morgan fingerprint density at radius 3 is 2.31 bits per heavy atom. The van der Waals surface area contributed by atoms with Crippen LogP contribution in [0, 0.1) is 25.2 Å². The van der Waals surface area contributed by atoms with Crippen molar-refractivity contribution in [2.75, 3.05) is 14.2 Å². The predicted molar refractivity (Wildman–Crippen MR) is 120 cm³/mol. The van der Waals surface area contributed by atoms with Crippen molar-refractivity contribution in [3.05, 3.63) is 86.2 Å². The lowest BCUT2D eigenvalue weighted by atomic mass is 9.96. The molecule has 0 spiro atoms. The van der Waals surface area contributed by atoms with Gasteiger partial charge in [0.2, 0.25) is 5.88 Å². The number of nitriles is 1. The van der Waals surface area contributed by atoms with Crippen molar-refractivity contribution in [1.29, 1.82) is 5.26 Å². The van der Waals surface area contributed by atoms with Gasteiger partial charge < -0.3 is 14.6 Å². The molecule has 0 aliphatic carbocycles. The molecule has 3 aromatic rings. The molecule has 0 aliphatic heterocycles. The fraction of sp³-hybridized carbons (Fsp3) is 0.240. The Kier molecular flexibility index (Phi) is 6.64. The van der Waals surface area contributed by atoms with Crippen LogP contribution >= 0.6 is 0 Å². The van der Waals surface area contributed by atoms with Gasteiger partial charge in [0.25, 0.3) is 5.56 Å². The third-order valence-electron chi connectivity index (χ3n) is 5.41. The van der Waals surface area contributed by atoms with Crippen LogP contribution in [0.25, 0.3) is 0 Å². The van der Waals surface area contributed by atoms with Crippen molar-refractivity contribution in [3.8, 4) is 23.4 Å². The molecule has 1 heterocycles. The van der Waals surface area contributed by atoms with Crippen LogP contribution in [0.5, 0.6) is 17.4 Å². The summed E-state index contributed by atoms with van der Waals surface area (Å²) in [4.78, 5) is 26.0. The number of aromatic nitrogens is 1. The topological polar surface area (TPSA) is 102 Å². The quantitative estimate of drug-likeness (QED) is 0.573. The van der Waals surface area contributed by atoms with Gasteiger partial charge in [-0.25, -0.2) is 0 Å². The molecule has 0 radical (unpaired) electrons. The van der Waals surface area contributed by atoms with E-state index in [-0.39, 0.29) is 23.2 Å². The smallest absolute Gasteiger partial charge is 0.271 e. The number of nitrogens with zero attached hydrogens (tertiary/aromatic N) is 2. The Labute approximate surface area is 186 Å². The van der Waals surface area contributed by atoms with E-state index >= 15 is 0 Å². The fourth-order valence-electron chi connectivity index (χ4n) is 3.56. The molecule has 0 unspecified atom stereocenters. The van der Waals surface area contributed by atoms with Crippen molar-refractivity contribution < 1.29 is 19.4 Å². The van der Waals surface area contributed by atoms with Crippen LogP contribution in [0.2, 0.25) is 0 Å². The monoisotopic (exact) mass is 432 g/mol. The lowest BCUT2D eigenvalue weighted by Gasteiger charge is -2.16. The number of ether oxygens (including phenoxy) is 2. The second-order valence-electron chi connectivity index (χ2n) is 7.40. The molecule has 1 aromatic heterocycles. The first-order valence-corrected chi connectivity index (χ1v) is 10.0. The maximum absolute atomic E-state index is 13.1. The van der Waals surface area contributed by atoms with Crippen molar-refractivity contribution in [2.24, 2.45) is 0 Å². The lowest BCUT2D eigenvalue weighted by molar-refractivity contribution is 0.103. The molecule has 32 heavy (non-hydrogen) atoms. The molecule has 7 nitrogen and oxygen atoms in total. The molecular weight excluding hydrogens is 408 g/mol. The summed E-state index contributed by atoms with van der Waals surface area (Å²) < 4.78 is 11.6. The Balaban J connectivity index is 2.04. The van der Waals surface area contributed by atoms with Crippen molar-refractivity contribution in [3.63, 3.8) is 0 Å². The van der Waals surface area contributed by atoms with E-state index in [4.69, 9.17) is 9.47 Å². The lowest BCUT2D eigenvalue weighted by Crippen LogP contribution is -2.27. The number of rotatable bonds is 7. The highest BCUT2D eigenvalue weighted by molar-refractivity contribution is 6.11. The molecule has 0 aliphatic rings. The second kappa shape index (κ2) is 9.40. The summed E-state index contributed by atoms with van der Waals surface area (Å²) in [6.45, 7) is 3.47. The number of carbonyl (C=O) groups excluding carboxylic acids is 1. The van der Waals surface area contributed by atoms with E-state index in [1.807, 2.05) is 19.1 Å². The first kappa shape index (κ1) is 22.6. The van der Waals surface area contributed by atoms with Crippen molar-refractivity contribution >= 4 is 5.78 Å². The first-order chi connectivity index (χ1) is 15.3. The highest BCUT2D eigenvalue weighted by atomic mass is 16.5. The van der Waals surface area contributed by atoms with Gasteiger partial charge in [0.05, 0.1) is 19.8 Å². The Morgan fingerprint density at radius 2 is 1.72 bits per heavy atom. The van der Waals surface area contributed by atoms with Gasteiger partial charge in [0.1, 0.15) is 11.6 Å². The van der Waals surface area contributed by atoms with Crippen LogP contribution in [0.4, 0.5) is 0 Å². The molecule has 0 amide bonds. The van der Waals surface area contributed by atoms with Gasteiger partial charge in [-0.05, 0) is 43.5 Å². The minimum Gasteiger partial charge on any atom is -0.494 e. The number of pyridine rings is 1. The van der Waals surface area contributed by atoms with E-state index in [1.165, 1.54) is 21.1 Å². The molecular formula is C25H24N2O5. The van der Waals surface area contributed by atoms with E-state index < -0.39 is 17.2 Å². The molecule has 0 saturated carbocycles. The Morgan fingerprint density at radius 1 is 1.06 bits per heavy atom. The summed E-state index contributed by atoms with van der Waals surface area (Å²) in [5.74, 6) is 0.219. The number of methoxy groups -OCH3 is 2. The number of aryl methyl sites for hydroxylation is 2. The van der Waals surface area contributed by atoms with Crippen LogP contribution in [0.3, 0.4) is 0 Å². The van der Waals surface area contributed by atoms with Gasteiger partial charge in [-0.1, -0.05) is 35.9 Å². The third-order valence-corrected chi connectivity index (χ3v) is 5.41. The largest absolute Gasteiger partial charge is 0.494 e. The molecule has 164 valence electrons. The normalized spacial score (nSPS) is 10.5. The fourth-order valence-corrected chi connectivity index (χ4v) is 3.56.